The summed E-state index contributed by atoms with van der Waals surface area (Å²) >= 11 is 6.18. The van der Waals surface area contributed by atoms with E-state index < -0.39 is 11.9 Å². The molecule has 204 valence electrons. The van der Waals surface area contributed by atoms with Gasteiger partial charge in [0.05, 0.1) is 18.9 Å². The average Bonchev–Trinajstić information content (AvgIpc) is 3.52. The molecule has 1 atom stereocenters. The standard InChI is InChI=1S/C29H28ClN7O3/c30-23-7-12-27(37-20-31-34-35-37)22(19-23)6-13-28(38)33-26(18-21-4-2-1-3-5-21)29(39)32-24-8-10-25(11-9-24)36-14-16-40-17-15-36/h1-13,19-20,26H,14-18H2,(H,32,39)(H,33,38). The van der Waals surface area contributed by atoms with Crippen LogP contribution in [0.2, 0.25) is 5.02 Å². The zero-order valence-corrected chi connectivity index (χ0v) is 22.4. The predicted molar refractivity (Wildman–Crippen MR) is 153 cm³/mol. The second-order valence-corrected chi connectivity index (χ2v) is 9.61. The second-order valence-electron chi connectivity index (χ2n) is 9.18. The summed E-state index contributed by atoms with van der Waals surface area (Å²) in [5.74, 6) is -0.747. The number of carbonyl (C=O) groups is 2. The summed E-state index contributed by atoms with van der Waals surface area (Å²) in [6.07, 6.45) is 4.75. The van der Waals surface area contributed by atoms with Crippen LogP contribution in [0.4, 0.5) is 11.4 Å². The molecule has 1 unspecified atom stereocenters. The van der Waals surface area contributed by atoms with Gasteiger partial charge in [-0.1, -0.05) is 41.9 Å². The normalized spacial score (nSPS) is 14.2. The van der Waals surface area contributed by atoms with Crippen LogP contribution in [-0.4, -0.2) is 64.4 Å². The van der Waals surface area contributed by atoms with Crippen LogP contribution in [0.1, 0.15) is 11.1 Å². The molecule has 2 amide bonds. The molecule has 2 N–H and O–H groups in total. The number of aromatic nitrogens is 4. The van der Waals surface area contributed by atoms with Gasteiger partial charge in [0.15, 0.2) is 0 Å². The van der Waals surface area contributed by atoms with E-state index in [-0.39, 0.29) is 5.91 Å². The summed E-state index contributed by atoms with van der Waals surface area (Å²) in [5, 5.41) is 17.5. The van der Waals surface area contributed by atoms with E-state index in [4.69, 9.17) is 16.3 Å². The molecule has 4 aromatic rings. The third-order valence-electron chi connectivity index (χ3n) is 6.43. The molecule has 0 bridgehead atoms. The highest BCUT2D eigenvalue weighted by Gasteiger charge is 2.21. The van der Waals surface area contributed by atoms with Gasteiger partial charge in [0.2, 0.25) is 11.8 Å². The number of benzene rings is 3. The number of halogens is 1. The number of nitrogens with zero attached hydrogens (tertiary/aromatic N) is 5. The van der Waals surface area contributed by atoms with E-state index in [2.05, 4.69) is 31.1 Å². The number of hydrogen-bond donors (Lipinski definition) is 2. The Morgan fingerprint density at radius 1 is 1.02 bits per heavy atom. The fourth-order valence-corrected chi connectivity index (χ4v) is 4.57. The molecule has 2 heterocycles. The lowest BCUT2D eigenvalue weighted by atomic mass is 10.0. The molecule has 5 rings (SSSR count). The summed E-state index contributed by atoms with van der Waals surface area (Å²) in [5.41, 5.74) is 3.93. The molecule has 3 aromatic carbocycles. The molecule has 1 aliphatic heterocycles. The minimum Gasteiger partial charge on any atom is -0.378 e. The van der Waals surface area contributed by atoms with Gasteiger partial charge in [0.1, 0.15) is 12.4 Å². The van der Waals surface area contributed by atoms with Crippen molar-refractivity contribution >= 4 is 40.9 Å². The van der Waals surface area contributed by atoms with Gasteiger partial charge in [-0.25, -0.2) is 0 Å². The van der Waals surface area contributed by atoms with Crippen LogP contribution in [0.5, 0.6) is 0 Å². The van der Waals surface area contributed by atoms with E-state index in [0.717, 1.165) is 24.3 Å². The highest BCUT2D eigenvalue weighted by atomic mass is 35.5. The van der Waals surface area contributed by atoms with Crippen LogP contribution >= 0.6 is 11.6 Å². The molecule has 11 heteroatoms. The number of amides is 2. The van der Waals surface area contributed by atoms with Crippen molar-refractivity contribution in [2.45, 2.75) is 12.5 Å². The molecule has 40 heavy (non-hydrogen) atoms. The van der Waals surface area contributed by atoms with E-state index in [1.165, 1.54) is 17.1 Å². The van der Waals surface area contributed by atoms with Crippen molar-refractivity contribution in [3.8, 4) is 5.69 Å². The SMILES string of the molecule is O=C(C=Cc1cc(Cl)ccc1-n1cnnn1)NC(Cc1ccccc1)C(=O)Nc1ccc(N2CCOCC2)cc1. The van der Waals surface area contributed by atoms with Gasteiger partial charge in [0.25, 0.3) is 0 Å². The van der Waals surface area contributed by atoms with Crippen LogP contribution < -0.4 is 15.5 Å². The lowest BCUT2D eigenvalue weighted by Crippen LogP contribution is -2.44. The highest BCUT2D eigenvalue weighted by molar-refractivity contribution is 6.30. The molecule has 1 aliphatic rings. The zero-order chi connectivity index (χ0) is 27.7. The van der Waals surface area contributed by atoms with Crippen molar-refractivity contribution in [2.24, 2.45) is 0 Å². The maximum absolute atomic E-state index is 13.3. The summed E-state index contributed by atoms with van der Waals surface area (Å²) < 4.78 is 6.90. The maximum atomic E-state index is 13.3. The highest BCUT2D eigenvalue weighted by Crippen LogP contribution is 2.21. The van der Waals surface area contributed by atoms with Gasteiger partial charge in [-0.15, -0.1) is 5.10 Å². The number of rotatable bonds is 9. The smallest absolute Gasteiger partial charge is 0.247 e. The second kappa shape index (κ2) is 13.0. The Kier molecular flexibility index (Phi) is 8.79. The van der Waals surface area contributed by atoms with Crippen molar-refractivity contribution in [1.29, 1.82) is 0 Å². The number of nitrogens with one attached hydrogen (secondary N) is 2. The molecule has 0 saturated carbocycles. The van der Waals surface area contributed by atoms with Crippen LogP contribution in [-0.2, 0) is 20.7 Å². The van der Waals surface area contributed by atoms with E-state index in [1.807, 2.05) is 54.6 Å². The largest absolute Gasteiger partial charge is 0.378 e. The van der Waals surface area contributed by atoms with Gasteiger partial charge in [-0.2, -0.15) is 4.68 Å². The van der Waals surface area contributed by atoms with Crippen molar-refractivity contribution in [3.63, 3.8) is 0 Å². The number of hydrogen-bond acceptors (Lipinski definition) is 7. The summed E-state index contributed by atoms with van der Waals surface area (Å²) in [7, 11) is 0. The van der Waals surface area contributed by atoms with E-state index in [9.17, 15) is 9.59 Å². The minimum atomic E-state index is -0.809. The molecule has 1 aromatic heterocycles. The van der Waals surface area contributed by atoms with Crippen LogP contribution in [0.25, 0.3) is 11.8 Å². The number of carbonyl (C=O) groups excluding carboxylic acids is 2. The number of ether oxygens (including phenoxy) is 1. The Labute approximate surface area is 236 Å². The van der Waals surface area contributed by atoms with E-state index in [1.54, 1.807) is 24.3 Å². The van der Waals surface area contributed by atoms with Crippen LogP contribution in [0.3, 0.4) is 0 Å². The molecule has 1 fully saturated rings. The van der Waals surface area contributed by atoms with Crippen molar-refractivity contribution in [1.82, 2.24) is 25.5 Å². The third kappa shape index (κ3) is 7.10. The Hall–Kier alpha value is -4.54. The van der Waals surface area contributed by atoms with Crippen molar-refractivity contribution in [2.75, 3.05) is 36.5 Å². The Bertz CT molecular complexity index is 1460. The quantitative estimate of drug-likeness (QED) is 0.303. The van der Waals surface area contributed by atoms with Crippen molar-refractivity contribution < 1.29 is 14.3 Å². The molecule has 1 saturated heterocycles. The summed E-state index contributed by atoms with van der Waals surface area (Å²) in [4.78, 5) is 28.6. The van der Waals surface area contributed by atoms with E-state index in [0.29, 0.717) is 41.6 Å². The topological polar surface area (TPSA) is 114 Å². The molecule has 0 aliphatic carbocycles. The molecule has 10 nitrogen and oxygen atoms in total. The molecule has 0 radical (unpaired) electrons. The monoisotopic (exact) mass is 557 g/mol. The first-order valence-corrected chi connectivity index (χ1v) is 13.2. The average molecular weight is 558 g/mol. The fourth-order valence-electron chi connectivity index (χ4n) is 4.39. The lowest BCUT2D eigenvalue weighted by molar-refractivity contribution is -0.123. The zero-order valence-electron chi connectivity index (χ0n) is 21.6. The van der Waals surface area contributed by atoms with Gasteiger partial charge in [0, 0.05) is 47.5 Å². The third-order valence-corrected chi connectivity index (χ3v) is 6.66. The number of morpholine rings is 1. The van der Waals surface area contributed by atoms with Gasteiger partial charge in [-0.3, -0.25) is 9.59 Å². The van der Waals surface area contributed by atoms with Crippen LogP contribution in [0, 0.1) is 0 Å². The fraction of sp³-hybridized carbons (Fsp3) is 0.207. The maximum Gasteiger partial charge on any atom is 0.247 e. The molecular formula is C29H28ClN7O3. The van der Waals surface area contributed by atoms with Gasteiger partial charge >= 0.3 is 0 Å². The first-order chi connectivity index (χ1) is 19.5. The first kappa shape index (κ1) is 27.0. The Morgan fingerprint density at radius 3 is 2.52 bits per heavy atom. The molecular weight excluding hydrogens is 530 g/mol. The molecule has 0 spiro atoms. The van der Waals surface area contributed by atoms with Gasteiger partial charge in [-0.05, 0) is 64.5 Å². The number of tetrazole rings is 1. The van der Waals surface area contributed by atoms with E-state index >= 15 is 0 Å². The first-order valence-electron chi connectivity index (χ1n) is 12.8. The van der Waals surface area contributed by atoms with Gasteiger partial charge < -0.3 is 20.3 Å². The minimum absolute atomic E-state index is 0.318. The predicted octanol–water partition coefficient (Wildman–Crippen LogP) is 3.53. The van der Waals surface area contributed by atoms with Crippen LogP contribution in [0.15, 0.2) is 85.2 Å². The number of anilines is 2. The lowest BCUT2D eigenvalue weighted by Gasteiger charge is -2.29. The van der Waals surface area contributed by atoms with Crippen molar-refractivity contribution in [3.05, 3.63) is 101 Å². The Balaban J connectivity index is 1.29. The Morgan fingerprint density at radius 2 is 1.80 bits per heavy atom. The summed E-state index contributed by atoms with van der Waals surface area (Å²) in [6, 6.07) is 21.6. The summed E-state index contributed by atoms with van der Waals surface area (Å²) in [6.45, 7) is 3.06.